The molecule has 5 aromatic heterocycles. The van der Waals surface area contributed by atoms with E-state index in [1.54, 1.807) is 51.4 Å². The van der Waals surface area contributed by atoms with Gasteiger partial charge in [-0.2, -0.15) is 5.26 Å². The Morgan fingerprint density at radius 3 is 1.78 bits per heavy atom. The third kappa shape index (κ3) is 11.6. The van der Waals surface area contributed by atoms with Crippen molar-refractivity contribution in [2.24, 2.45) is 5.92 Å². The first-order valence-corrected chi connectivity index (χ1v) is 32.1. The molecule has 0 saturated heterocycles. The van der Waals surface area contributed by atoms with Crippen LogP contribution >= 0.6 is 45.3 Å². The highest BCUT2D eigenvalue weighted by Gasteiger charge is 2.50. The highest BCUT2D eigenvalue weighted by atomic mass is 32.1. The molecule has 1 aliphatic rings. The molecule has 18 heteroatoms. The summed E-state index contributed by atoms with van der Waals surface area (Å²) in [6.45, 7) is 21.7. The van der Waals surface area contributed by atoms with Crippen LogP contribution in [0.15, 0.2) is 78.4 Å². The minimum absolute atomic E-state index is 0.0157. The lowest BCUT2D eigenvalue weighted by atomic mass is 10.1. The van der Waals surface area contributed by atoms with Gasteiger partial charge in [0.15, 0.2) is 11.5 Å². The molecule has 6 heterocycles. The topological polar surface area (TPSA) is 123 Å². The van der Waals surface area contributed by atoms with Gasteiger partial charge in [-0.3, -0.25) is 4.79 Å². The monoisotopic (exact) mass is 1080 g/mol. The summed E-state index contributed by atoms with van der Waals surface area (Å²) in [7, 11) is -6.92. The van der Waals surface area contributed by atoms with Crippen molar-refractivity contribution in [1.29, 1.82) is 5.26 Å². The van der Waals surface area contributed by atoms with E-state index in [2.05, 4.69) is 97.3 Å². The van der Waals surface area contributed by atoms with Crippen molar-refractivity contribution in [2.75, 3.05) is 65.2 Å². The molecule has 0 aliphatic carbocycles. The number of hydrogen-bond acceptors (Lipinski definition) is 14. The Hall–Kier alpha value is -4.47. The van der Waals surface area contributed by atoms with E-state index in [0.29, 0.717) is 58.8 Å². The highest BCUT2D eigenvalue weighted by Crippen LogP contribution is 2.56. The summed E-state index contributed by atoms with van der Waals surface area (Å²) in [4.78, 5) is 24.8. The van der Waals surface area contributed by atoms with Crippen LogP contribution in [0.2, 0.25) is 0 Å². The first kappa shape index (κ1) is 53.8. The van der Waals surface area contributed by atoms with Gasteiger partial charge in [0.05, 0.1) is 22.1 Å². The third-order valence-corrected chi connectivity index (χ3v) is 23.1. The second-order valence-electron chi connectivity index (χ2n) is 17.5. The Labute approximate surface area is 442 Å². The van der Waals surface area contributed by atoms with Gasteiger partial charge in [0, 0.05) is 97.3 Å². The Bertz CT molecular complexity index is 2990. The maximum atomic E-state index is 14.7. The number of hydrogen-bond donors (Lipinski definition) is 0. The number of rotatable bonds is 25. The summed E-state index contributed by atoms with van der Waals surface area (Å²) in [6, 6.07) is 28.6. The average molecular weight is 1080 g/mol. The molecule has 1 aliphatic heterocycles. The summed E-state index contributed by atoms with van der Waals surface area (Å²) >= 11 is 6.74. The fourth-order valence-corrected chi connectivity index (χ4v) is 19.0. The number of carbonyl (C=O) groups excluding carboxylic acids is 1. The van der Waals surface area contributed by atoms with Gasteiger partial charge in [-0.1, -0.05) is 38.1 Å². The summed E-state index contributed by atoms with van der Waals surface area (Å²) in [5.41, 5.74) is 4.55. The summed E-state index contributed by atoms with van der Waals surface area (Å²) in [5.74, 6) is 1.73. The van der Waals surface area contributed by atoms with E-state index in [0.717, 1.165) is 74.6 Å². The van der Waals surface area contributed by atoms with Gasteiger partial charge in [-0.15, -0.1) is 45.3 Å². The third-order valence-electron chi connectivity index (χ3n) is 12.1. The normalized spacial score (nSPS) is 13.2. The van der Waals surface area contributed by atoms with Crippen molar-refractivity contribution in [3.8, 4) is 57.3 Å². The minimum Gasteiger partial charge on any atom is -0.485 e. The van der Waals surface area contributed by atoms with Gasteiger partial charge in [0.1, 0.15) is 24.9 Å². The number of amides is 1. The van der Waals surface area contributed by atoms with Crippen molar-refractivity contribution < 1.29 is 40.8 Å². The number of carbonyl (C=O) groups is 1. The molecule has 382 valence electrons. The Morgan fingerprint density at radius 1 is 0.681 bits per heavy atom. The molecule has 2 aromatic carbocycles. The summed E-state index contributed by atoms with van der Waals surface area (Å²) in [6.07, 6.45) is 2.77. The number of benzene rings is 2. The minimum atomic E-state index is -3.46. The van der Waals surface area contributed by atoms with Gasteiger partial charge in [-0.05, 0) is 127 Å². The maximum absolute atomic E-state index is 14.7. The number of ether oxygens (including phenoxy) is 2. The molecule has 1 amide bonds. The summed E-state index contributed by atoms with van der Waals surface area (Å²) < 4.78 is 52.5. The van der Waals surface area contributed by atoms with Gasteiger partial charge in [0.25, 0.3) is 5.91 Å². The lowest BCUT2D eigenvalue weighted by Gasteiger charge is -2.37. The number of thiophene rings is 4. The molecule has 8 rings (SSSR count). The van der Waals surface area contributed by atoms with Gasteiger partial charge < -0.3 is 45.5 Å². The first-order chi connectivity index (χ1) is 34.9. The highest BCUT2D eigenvalue weighted by molar-refractivity contribution is 7.29. The maximum Gasteiger partial charge on any atom is 0.521 e. The van der Waals surface area contributed by atoms with Crippen molar-refractivity contribution in [1.82, 2.24) is 9.47 Å². The van der Waals surface area contributed by atoms with Crippen LogP contribution in [-0.4, -0.2) is 98.2 Å². The average Bonchev–Trinajstić information content (AvgIpc) is 4.23. The molecule has 0 bridgehead atoms. The Morgan fingerprint density at radius 2 is 1.21 bits per heavy atom. The van der Waals surface area contributed by atoms with Crippen LogP contribution in [0.4, 0.5) is 0 Å². The lowest BCUT2D eigenvalue weighted by molar-refractivity contribution is -0.127. The molecule has 0 unspecified atom stereocenters. The molecule has 0 N–H and O–H groups in total. The number of fused-ring (bicyclic) bond motifs is 4. The number of nitriles is 1. The van der Waals surface area contributed by atoms with E-state index in [-0.39, 0.29) is 17.9 Å². The predicted molar refractivity (Wildman–Crippen MR) is 299 cm³/mol. The fraction of sp³-hybridized carbons (Fsp3) is 0.407. The van der Waals surface area contributed by atoms with E-state index in [1.165, 1.54) is 26.7 Å². The van der Waals surface area contributed by atoms with E-state index in [1.807, 2.05) is 48.5 Å². The molecular weight excluding hydrogens is 1020 g/mol. The van der Waals surface area contributed by atoms with Gasteiger partial charge in [-0.25, -0.2) is 0 Å². The van der Waals surface area contributed by atoms with Crippen LogP contribution in [0.25, 0.3) is 67.6 Å². The molecule has 7 aromatic rings. The van der Waals surface area contributed by atoms with Gasteiger partial charge in [0.2, 0.25) is 0 Å². The predicted octanol–water partition coefficient (Wildman–Crippen LogP) is 13.7. The van der Waals surface area contributed by atoms with Gasteiger partial charge >= 0.3 is 17.6 Å². The van der Waals surface area contributed by atoms with E-state index in [9.17, 15) is 10.1 Å². The SMILES string of the molecule is CCO[Si](CN(C[Si](OCC)(OCC)OCC)C(=O)/C(C#N)=C/c1sc(-c2ccc(-c3ccc(-c4sc(-c5ccc6c(c5)c5ccccc5n6CCC(C)C)c5c4OCCO5)s3)s2)cc1C)(OCC)OCC. The Kier molecular flexibility index (Phi) is 18.1. The number of aryl methyl sites for hydroxylation is 2. The van der Waals surface area contributed by atoms with Crippen LogP contribution in [0.5, 0.6) is 11.5 Å². The molecule has 0 spiro atoms. The molecule has 0 atom stereocenters. The molecule has 12 nitrogen and oxygen atoms in total. The molecular formula is C54H65N3O9S4Si2. The second kappa shape index (κ2) is 24.3. The number of nitrogens with zero attached hydrogens (tertiary/aromatic N) is 3. The van der Waals surface area contributed by atoms with Crippen LogP contribution < -0.4 is 9.47 Å². The van der Waals surface area contributed by atoms with Crippen molar-refractivity contribution in [3.05, 3.63) is 88.8 Å². The smallest absolute Gasteiger partial charge is 0.485 e. The van der Waals surface area contributed by atoms with E-state index >= 15 is 0 Å². The quantitative estimate of drug-likeness (QED) is 0.0310. The lowest BCUT2D eigenvalue weighted by Crippen LogP contribution is -2.62. The zero-order valence-electron chi connectivity index (χ0n) is 42.7. The molecule has 0 radical (unpaired) electrons. The molecule has 0 saturated carbocycles. The van der Waals surface area contributed by atoms with Crippen molar-refractivity contribution in [3.63, 3.8) is 0 Å². The number of para-hydroxylation sites is 1. The van der Waals surface area contributed by atoms with Crippen molar-refractivity contribution in [2.45, 2.75) is 75.3 Å². The second-order valence-corrected chi connectivity index (χ2v) is 26.8. The number of aromatic nitrogens is 1. The molecule has 0 fully saturated rings. The van der Waals surface area contributed by atoms with E-state index < -0.39 is 23.5 Å². The van der Waals surface area contributed by atoms with Crippen LogP contribution in [-0.2, 0) is 37.9 Å². The fourth-order valence-electron chi connectivity index (χ4n) is 9.04. The van der Waals surface area contributed by atoms with Crippen LogP contribution in [0.1, 0.15) is 72.3 Å². The first-order valence-electron chi connectivity index (χ1n) is 24.9. The zero-order chi connectivity index (χ0) is 51.0. The standard InChI is InChI=1S/C54H65N3O9S4Si2/c1-10-61-71(62-11-2,63-12-3)34-56(35-72(64-13-4,65-14-5)66-15-6)54(58)39(33-55)32-48-37(9)30-49(69-48)46-23-22-44(67-46)45-24-25-47(68-45)53-51-50(59-28-29-60-51)52(70-53)38-20-21-43-41(31-38)40-18-16-17-19-42(40)57(43)27-26-36(7)8/h16-25,30-32,36H,10-15,26-29,34-35H2,1-9H3/b39-32+. The van der Waals surface area contributed by atoms with Crippen LogP contribution in [0.3, 0.4) is 0 Å². The Balaban J connectivity index is 1.07. The summed E-state index contributed by atoms with van der Waals surface area (Å²) in [5, 5.41) is 13.2. The van der Waals surface area contributed by atoms with E-state index in [4.69, 9.17) is 36.0 Å². The van der Waals surface area contributed by atoms with Crippen molar-refractivity contribution >= 4 is 96.7 Å². The largest absolute Gasteiger partial charge is 0.521 e. The zero-order valence-corrected chi connectivity index (χ0v) is 48.0. The van der Waals surface area contributed by atoms with Crippen LogP contribution in [0, 0.1) is 24.2 Å². The molecule has 72 heavy (non-hydrogen) atoms.